The molecule has 0 amide bonds. The average molecular weight is 534 g/mol. The zero-order chi connectivity index (χ0) is 26.7. The number of aliphatic hydroxyl groups excluding tert-OH is 1. The van der Waals surface area contributed by atoms with Crippen molar-refractivity contribution in [2.75, 3.05) is 64.0 Å². The van der Waals surface area contributed by atoms with Crippen molar-refractivity contribution in [1.82, 2.24) is 19.8 Å². The number of hydrogen-bond donors (Lipinski definition) is 2. The molecule has 3 aromatic rings. The molecule has 2 fully saturated rings. The number of fused-ring (bicyclic) bond motifs is 1. The topological polar surface area (TPSA) is 115 Å². The number of piperazine rings is 1. The third kappa shape index (κ3) is 5.53. The van der Waals surface area contributed by atoms with Gasteiger partial charge in [-0.15, -0.1) is 11.3 Å². The van der Waals surface area contributed by atoms with Gasteiger partial charge in [-0.3, -0.25) is 9.80 Å². The Labute approximate surface area is 227 Å². The number of rotatable bonds is 7. The number of thiophene rings is 1. The van der Waals surface area contributed by atoms with Gasteiger partial charge in [0.1, 0.15) is 0 Å². The maximum Gasteiger partial charge on any atom is 0.162 e. The summed E-state index contributed by atoms with van der Waals surface area (Å²) in [4.78, 5) is 18.4. The second-order valence-corrected chi connectivity index (χ2v) is 11.5. The second kappa shape index (κ2) is 11.4. The zero-order valence-corrected chi connectivity index (χ0v) is 22.9. The summed E-state index contributed by atoms with van der Waals surface area (Å²) < 4.78 is 6.69. The minimum atomic E-state index is -0.191. The van der Waals surface area contributed by atoms with Gasteiger partial charge in [-0.05, 0) is 49.9 Å². The summed E-state index contributed by atoms with van der Waals surface area (Å²) in [6.45, 7) is 11.9. The quantitative estimate of drug-likeness (QED) is 0.473. The molecule has 5 rings (SSSR count). The van der Waals surface area contributed by atoms with Crippen LogP contribution in [0.25, 0.3) is 27.7 Å². The molecule has 0 bridgehead atoms. The van der Waals surface area contributed by atoms with Crippen LogP contribution in [-0.2, 0) is 11.3 Å². The smallest absolute Gasteiger partial charge is 0.162 e. The van der Waals surface area contributed by atoms with Gasteiger partial charge in [0.2, 0.25) is 0 Å². The largest absolute Gasteiger partial charge is 0.405 e. The van der Waals surface area contributed by atoms with E-state index in [0.717, 1.165) is 73.0 Å². The van der Waals surface area contributed by atoms with E-state index in [-0.39, 0.29) is 12.1 Å². The lowest BCUT2D eigenvalue weighted by molar-refractivity contribution is 0.0151. The van der Waals surface area contributed by atoms with E-state index in [1.165, 1.54) is 11.1 Å². The summed E-state index contributed by atoms with van der Waals surface area (Å²) in [5.74, 6) is 1.51. The summed E-state index contributed by atoms with van der Waals surface area (Å²) >= 11 is 1.76. The van der Waals surface area contributed by atoms with Crippen LogP contribution in [0.4, 0.5) is 5.82 Å². The number of nitriles is 1. The van der Waals surface area contributed by atoms with E-state index in [0.29, 0.717) is 24.6 Å². The van der Waals surface area contributed by atoms with E-state index >= 15 is 0 Å². The molecular weight excluding hydrogens is 498 g/mol. The van der Waals surface area contributed by atoms with E-state index in [9.17, 15) is 10.4 Å². The van der Waals surface area contributed by atoms with Crippen molar-refractivity contribution in [3.63, 3.8) is 0 Å². The zero-order valence-electron chi connectivity index (χ0n) is 22.1. The van der Waals surface area contributed by atoms with Gasteiger partial charge in [0.25, 0.3) is 0 Å². The highest BCUT2D eigenvalue weighted by atomic mass is 32.1. The lowest BCUT2D eigenvalue weighted by Crippen LogP contribution is -2.55. The van der Waals surface area contributed by atoms with Crippen LogP contribution in [0.3, 0.4) is 0 Å². The van der Waals surface area contributed by atoms with Crippen LogP contribution < -0.4 is 10.6 Å². The molecule has 200 valence electrons. The molecule has 2 aliphatic rings. The molecule has 4 heterocycles. The van der Waals surface area contributed by atoms with Gasteiger partial charge in [0.05, 0.1) is 41.7 Å². The molecule has 10 heteroatoms. The predicted molar refractivity (Wildman–Crippen MR) is 152 cm³/mol. The van der Waals surface area contributed by atoms with Crippen molar-refractivity contribution in [3.05, 3.63) is 46.5 Å². The van der Waals surface area contributed by atoms with E-state index in [1.54, 1.807) is 17.4 Å². The Morgan fingerprint density at radius 3 is 2.58 bits per heavy atom. The summed E-state index contributed by atoms with van der Waals surface area (Å²) in [7, 11) is 0. The molecule has 2 aliphatic heterocycles. The number of anilines is 1. The maximum atomic E-state index is 9.74. The fourth-order valence-electron chi connectivity index (χ4n) is 5.05. The molecule has 3 N–H and O–H groups in total. The number of aliphatic hydroxyl groups is 1. The summed E-state index contributed by atoms with van der Waals surface area (Å²) in [6, 6.07) is 9.92. The minimum Gasteiger partial charge on any atom is -0.405 e. The molecule has 0 radical (unpaired) electrons. The van der Waals surface area contributed by atoms with E-state index in [2.05, 4.69) is 40.7 Å². The molecule has 38 heavy (non-hydrogen) atoms. The van der Waals surface area contributed by atoms with Gasteiger partial charge < -0.3 is 20.5 Å². The van der Waals surface area contributed by atoms with Crippen molar-refractivity contribution < 1.29 is 9.84 Å². The Balaban J connectivity index is 1.49. The Kier molecular flexibility index (Phi) is 7.93. The predicted octanol–water partition coefficient (Wildman–Crippen LogP) is 2.88. The Hall–Kier alpha value is -3.07. The molecule has 2 saturated heterocycles. The van der Waals surface area contributed by atoms with Crippen LogP contribution in [-0.4, -0.2) is 89.5 Å². The number of nitrogens with zero attached hydrogens (tertiary/aromatic N) is 6. The normalized spacial score (nSPS) is 17.9. The van der Waals surface area contributed by atoms with Gasteiger partial charge in [-0.2, -0.15) is 5.26 Å². The Morgan fingerprint density at radius 2 is 1.89 bits per heavy atom. The first-order valence-corrected chi connectivity index (χ1v) is 13.9. The Bertz CT molecular complexity index is 1350. The SMILES string of the molecule is CC(C)(CO)N1CCN(Cc2cc3nc(-c4cc(C#N)ccc4/C=C\N)nc(N4CCOCC4)c3s2)CC1. The van der Waals surface area contributed by atoms with E-state index in [1.807, 2.05) is 18.2 Å². The highest BCUT2D eigenvalue weighted by Crippen LogP contribution is 2.36. The van der Waals surface area contributed by atoms with Crippen molar-refractivity contribution in [3.8, 4) is 17.5 Å². The first-order valence-electron chi connectivity index (χ1n) is 13.1. The monoisotopic (exact) mass is 533 g/mol. The molecule has 0 aliphatic carbocycles. The second-order valence-electron chi connectivity index (χ2n) is 10.4. The third-order valence-corrected chi connectivity index (χ3v) is 8.51. The molecule has 1 aromatic carbocycles. The molecule has 0 unspecified atom stereocenters. The highest BCUT2D eigenvalue weighted by Gasteiger charge is 2.29. The highest BCUT2D eigenvalue weighted by molar-refractivity contribution is 7.19. The number of aromatic nitrogens is 2. The van der Waals surface area contributed by atoms with E-state index < -0.39 is 0 Å². The Morgan fingerprint density at radius 1 is 1.13 bits per heavy atom. The number of hydrogen-bond acceptors (Lipinski definition) is 10. The van der Waals surface area contributed by atoms with Crippen LogP contribution in [0.15, 0.2) is 30.5 Å². The lowest BCUT2D eigenvalue weighted by atomic mass is 10.0. The summed E-state index contributed by atoms with van der Waals surface area (Å²) in [5.41, 5.74) is 8.67. The molecule has 0 saturated carbocycles. The maximum absolute atomic E-state index is 9.74. The van der Waals surface area contributed by atoms with Gasteiger partial charge in [0, 0.05) is 61.8 Å². The minimum absolute atomic E-state index is 0.161. The molecule has 9 nitrogen and oxygen atoms in total. The summed E-state index contributed by atoms with van der Waals surface area (Å²) in [6.07, 6.45) is 3.31. The van der Waals surface area contributed by atoms with Crippen LogP contribution in [0.1, 0.15) is 29.9 Å². The van der Waals surface area contributed by atoms with Crippen LogP contribution in [0, 0.1) is 11.3 Å². The first-order chi connectivity index (χ1) is 18.4. The van der Waals surface area contributed by atoms with Gasteiger partial charge in [-0.25, -0.2) is 9.97 Å². The van der Waals surface area contributed by atoms with Crippen molar-refractivity contribution in [2.24, 2.45) is 5.73 Å². The van der Waals surface area contributed by atoms with Crippen LogP contribution in [0.2, 0.25) is 0 Å². The van der Waals surface area contributed by atoms with Gasteiger partial charge >= 0.3 is 0 Å². The fourth-order valence-corrected chi connectivity index (χ4v) is 6.21. The molecule has 0 atom stereocenters. The molecule has 2 aromatic heterocycles. The van der Waals surface area contributed by atoms with E-state index in [4.69, 9.17) is 20.4 Å². The van der Waals surface area contributed by atoms with Gasteiger partial charge in [0.15, 0.2) is 11.6 Å². The van der Waals surface area contributed by atoms with Gasteiger partial charge in [-0.1, -0.05) is 6.07 Å². The standard InChI is InChI=1S/C28H35N7O2S/c1-28(2,19-36)35-9-7-33(8-10-35)18-22-16-24-25(38-22)27(34-11-13-37-14-12-34)32-26(31-24)23-15-20(17-30)3-4-21(23)5-6-29/h3-6,15-16,36H,7-14,18-19,29H2,1-2H3/b6-5-. The van der Waals surface area contributed by atoms with Crippen LogP contribution >= 0.6 is 11.3 Å². The van der Waals surface area contributed by atoms with Crippen molar-refractivity contribution in [2.45, 2.75) is 25.9 Å². The third-order valence-electron chi connectivity index (χ3n) is 7.41. The van der Waals surface area contributed by atoms with Crippen molar-refractivity contribution in [1.29, 1.82) is 5.26 Å². The number of benzene rings is 1. The van der Waals surface area contributed by atoms with Crippen molar-refractivity contribution >= 4 is 33.4 Å². The fraction of sp³-hybridized carbons (Fsp3) is 0.464. The van der Waals surface area contributed by atoms with Crippen LogP contribution in [0.5, 0.6) is 0 Å². The number of morpholine rings is 1. The molecular formula is C28H35N7O2S. The number of nitrogens with two attached hydrogens (primary N) is 1. The first kappa shape index (κ1) is 26.5. The molecule has 0 spiro atoms. The lowest BCUT2D eigenvalue weighted by Gasteiger charge is -2.43. The summed E-state index contributed by atoms with van der Waals surface area (Å²) in [5, 5.41) is 19.3. The number of ether oxygens (including phenoxy) is 1. The average Bonchev–Trinajstić information content (AvgIpc) is 3.36.